The molecule has 5 nitrogen and oxygen atoms in total. The third kappa shape index (κ3) is 5.84. The standard InChI is InChI=1S/C15H22N2O3/c1-11(10-20-3)16-15(19)9-14(17-12(2)18)13-7-5-4-6-8-13/h4-8,11,14H,9-10H2,1-3H3,(H,16,19)(H,17,18)/t11-,14-/m0/s1. The molecule has 0 unspecified atom stereocenters. The number of hydrogen-bond acceptors (Lipinski definition) is 3. The second-order valence-electron chi connectivity index (χ2n) is 4.79. The Kier molecular flexibility index (Phi) is 6.73. The second kappa shape index (κ2) is 8.32. The first-order valence-electron chi connectivity index (χ1n) is 6.63. The number of hydrogen-bond donors (Lipinski definition) is 2. The van der Waals surface area contributed by atoms with Crippen molar-refractivity contribution in [2.75, 3.05) is 13.7 Å². The molecule has 0 aliphatic carbocycles. The Balaban J connectivity index is 2.66. The average Bonchev–Trinajstić information content (AvgIpc) is 2.38. The normalized spacial score (nSPS) is 13.3. The van der Waals surface area contributed by atoms with Crippen molar-refractivity contribution in [1.29, 1.82) is 0 Å². The summed E-state index contributed by atoms with van der Waals surface area (Å²) in [5.74, 6) is -0.270. The van der Waals surface area contributed by atoms with Gasteiger partial charge in [0.05, 0.1) is 19.1 Å². The van der Waals surface area contributed by atoms with Crippen molar-refractivity contribution in [2.45, 2.75) is 32.4 Å². The Labute approximate surface area is 119 Å². The van der Waals surface area contributed by atoms with Gasteiger partial charge in [0.1, 0.15) is 0 Å². The number of carbonyl (C=O) groups excluding carboxylic acids is 2. The van der Waals surface area contributed by atoms with Crippen LogP contribution in [0, 0.1) is 0 Å². The molecule has 5 heteroatoms. The molecule has 0 saturated heterocycles. The minimum Gasteiger partial charge on any atom is -0.383 e. The van der Waals surface area contributed by atoms with Gasteiger partial charge in [-0.1, -0.05) is 30.3 Å². The van der Waals surface area contributed by atoms with E-state index < -0.39 is 0 Å². The SMILES string of the molecule is COC[C@H](C)NC(=O)C[C@H](NC(C)=O)c1ccccc1. The van der Waals surface area contributed by atoms with E-state index in [9.17, 15) is 9.59 Å². The molecule has 1 aromatic rings. The van der Waals surface area contributed by atoms with Crippen LogP contribution in [0.25, 0.3) is 0 Å². The maximum atomic E-state index is 12.0. The first kappa shape index (κ1) is 16.2. The van der Waals surface area contributed by atoms with Crippen LogP contribution < -0.4 is 10.6 Å². The van der Waals surface area contributed by atoms with E-state index in [0.29, 0.717) is 6.61 Å². The summed E-state index contributed by atoms with van der Waals surface area (Å²) < 4.78 is 4.97. The van der Waals surface area contributed by atoms with Crippen molar-refractivity contribution >= 4 is 11.8 Å². The van der Waals surface area contributed by atoms with E-state index in [0.717, 1.165) is 5.56 Å². The van der Waals surface area contributed by atoms with Gasteiger partial charge in [-0.05, 0) is 12.5 Å². The van der Waals surface area contributed by atoms with Crippen LogP contribution in [-0.4, -0.2) is 31.6 Å². The van der Waals surface area contributed by atoms with E-state index in [4.69, 9.17) is 4.74 Å². The molecule has 20 heavy (non-hydrogen) atoms. The topological polar surface area (TPSA) is 67.4 Å². The molecule has 2 atom stereocenters. The largest absolute Gasteiger partial charge is 0.383 e. The maximum Gasteiger partial charge on any atom is 0.222 e. The molecule has 0 aliphatic rings. The van der Waals surface area contributed by atoms with Gasteiger partial charge < -0.3 is 15.4 Å². The molecule has 2 amide bonds. The number of methoxy groups -OCH3 is 1. The predicted octanol–water partition coefficient (Wildman–Crippen LogP) is 1.41. The van der Waals surface area contributed by atoms with Crippen molar-refractivity contribution in [3.63, 3.8) is 0 Å². The van der Waals surface area contributed by atoms with Crippen molar-refractivity contribution in [2.24, 2.45) is 0 Å². The summed E-state index contributed by atoms with van der Waals surface area (Å²) in [7, 11) is 1.59. The summed E-state index contributed by atoms with van der Waals surface area (Å²) in [5.41, 5.74) is 0.914. The zero-order chi connectivity index (χ0) is 15.0. The summed E-state index contributed by atoms with van der Waals surface area (Å²) >= 11 is 0. The lowest BCUT2D eigenvalue weighted by molar-refractivity contribution is -0.123. The Hall–Kier alpha value is -1.88. The lowest BCUT2D eigenvalue weighted by Gasteiger charge is -2.19. The predicted molar refractivity (Wildman–Crippen MR) is 77.1 cm³/mol. The molecule has 0 spiro atoms. The minimum atomic E-state index is -0.316. The lowest BCUT2D eigenvalue weighted by atomic mass is 10.0. The van der Waals surface area contributed by atoms with Gasteiger partial charge in [0, 0.05) is 20.1 Å². The van der Waals surface area contributed by atoms with Gasteiger partial charge >= 0.3 is 0 Å². The van der Waals surface area contributed by atoms with Crippen molar-refractivity contribution in [3.8, 4) is 0 Å². The second-order valence-corrected chi connectivity index (χ2v) is 4.79. The molecule has 0 fully saturated rings. The molecule has 110 valence electrons. The Morgan fingerprint density at radius 2 is 1.85 bits per heavy atom. The van der Waals surface area contributed by atoms with Crippen molar-refractivity contribution in [1.82, 2.24) is 10.6 Å². The number of nitrogens with one attached hydrogen (secondary N) is 2. The molecule has 0 saturated carbocycles. The highest BCUT2D eigenvalue weighted by molar-refractivity contribution is 5.79. The number of rotatable bonds is 7. The van der Waals surface area contributed by atoms with E-state index in [1.54, 1.807) is 7.11 Å². The van der Waals surface area contributed by atoms with Crippen LogP contribution in [-0.2, 0) is 14.3 Å². The van der Waals surface area contributed by atoms with Crippen LogP contribution in [0.1, 0.15) is 31.9 Å². The van der Waals surface area contributed by atoms with Crippen LogP contribution in [0.2, 0.25) is 0 Å². The molecule has 2 N–H and O–H groups in total. The molecule has 0 bridgehead atoms. The van der Waals surface area contributed by atoms with Crippen molar-refractivity contribution < 1.29 is 14.3 Å². The highest BCUT2D eigenvalue weighted by Crippen LogP contribution is 2.16. The Morgan fingerprint density at radius 1 is 1.20 bits per heavy atom. The van der Waals surface area contributed by atoms with E-state index in [-0.39, 0.29) is 30.3 Å². The van der Waals surface area contributed by atoms with Gasteiger partial charge in [0.25, 0.3) is 0 Å². The maximum absolute atomic E-state index is 12.0. The van der Waals surface area contributed by atoms with Gasteiger partial charge in [-0.25, -0.2) is 0 Å². The van der Waals surface area contributed by atoms with Gasteiger partial charge in [0.2, 0.25) is 11.8 Å². The monoisotopic (exact) mass is 278 g/mol. The number of carbonyl (C=O) groups is 2. The van der Waals surface area contributed by atoms with Crippen LogP contribution in [0.5, 0.6) is 0 Å². The van der Waals surface area contributed by atoms with Gasteiger partial charge in [-0.2, -0.15) is 0 Å². The summed E-state index contributed by atoms with van der Waals surface area (Å²) in [5, 5.41) is 5.64. The molecule has 0 aliphatic heterocycles. The number of amides is 2. The fraction of sp³-hybridized carbons (Fsp3) is 0.467. The summed E-state index contributed by atoms with van der Waals surface area (Å²) in [6.45, 7) is 3.78. The Morgan fingerprint density at radius 3 is 2.40 bits per heavy atom. The van der Waals surface area contributed by atoms with Crippen LogP contribution in [0.4, 0.5) is 0 Å². The smallest absolute Gasteiger partial charge is 0.222 e. The molecule has 1 rings (SSSR count). The minimum absolute atomic E-state index is 0.0544. The van der Waals surface area contributed by atoms with E-state index in [2.05, 4.69) is 10.6 Å². The molecule has 0 radical (unpaired) electrons. The number of ether oxygens (including phenoxy) is 1. The summed E-state index contributed by atoms with van der Waals surface area (Å²) in [4.78, 5) is 23.2. The lowest BCUT2D eigenvalue weighted by Crippen LogP contribution is -2.38. The first-order chi connectivity index (χ1) is 9.52. The van der Waals surface area contributed by atoms with Gasteiger partial charge in [-0.3, -0.25) is 9.59 Å². The zero-order valence-corrected chi connectivity index (χ0v) is 12.2. The van der Waals surface area contributed by atoms with E-state index in [1.807, 2.05) is 37.3 Å². The summed E-state index contributed by atoms with van der Waals surface area (Å²) in [6.07, 6.45) is 0.206. The fourth-order valence-corrected chi connectivity index (χ4v) is 1.99. The van der Waals surface area contributed by atoms with E-state index >= 15 is 0 Å². The molecular formula is C15H22N2O3. The fourth-order valence-electron chi connectivity index (χ4n) is 1.99. The molecule has 0 aromatic heterocycles. The first-order valence-corrected chi connectivity index (χ1v) is 6.63. The average molecular weight is 278 g/mol. The zero-order valence-electron chi connectivity index (χ0n) is 12.2. The van der Waals surface area contributed by atoms with Crippen LogP contribution >= 0.6 is 0 Å². The third-order valence-electron chi connectivity index (χ3n) is 2.79. The third-order valence-corrected chi connectivity index (χ3v) is 2.79. The molecular weight excluding hydrogens is 256 g/mol. The van der Waals surface area contributed by atoms with Crippen LogP contribution in [0.15, 0.2) is 30.3 Å². The highest BCUT2D eigenvalue weighted by atomic mass is 16.5. The molecule has 0 heterocycles. The Bertz CT molecular complexity index is 434. The number of benzene rings is 1. The van der Waals surface area contributed by atoms with Crippen molar-refractivity contribution in [3.05, 3.63) is 35.9 Å². The highest BCUT2D eigenvalue weighted by Gasteiger charge is 2.17. The van der Waals surface area contributed by atoms with Crippen LogP contribution in [0.3, 0.4) is 0 Å². The van der Waals surface area contributed by atoms with E-state index in [1.165, 1.54) is 6.92 Å². The summed E-state index contributed by atoms with van der Waals surface area (Å²) in [6, 6.07) is 9.09. The quantitative estimate of drug-likeness (QED) is 0.792. The van der Waals surface area contributed by atoms with Gasteiger partial charge in [-0.15, -0.1) is 0 Å². The van der Waals surface area contributed by atoms with Gasteiger partial charge in [0.15, 0.2) is 0 Å². The molecule has 1 aromatic carbocycles.